The lowest BCUT2D eigenvalue weighted by Gasteiger charge is -2.20. The molecule has 0 aromatic heterocycles. The van der Waals surface area contributed by atoms with E-state index >= 15 is 0 Å². The van der Waals surface area contributed by atoms with Crippen LogP contribution in [0.3, 0.4) is 0 Å². The number of hydrogen-bond donors (Lipinski definition) is 0. The van der Waals surface area contributed by atoms with Crippen molar-refractivity contribution in [1.29, 1.82) is 0 Å². The van der Waals surface area contributed by atoms with E-state index < -0.39 is 0 Å². The van der Waals surface area contributed by atoms with Gasteiger partial charge in [-0.25, -0.2) is 0 Å². The molecule has 0 aromatic carbocycles. The van der Waals surface area contributed by atoms with Crippen LogP contribution in [0.2, 0.25) is 0 Å². The second kappa shape index (κ2) is 5.84. The Bertz CT molecular complexity index is 91.6. The third-order valence-corrected chi connectivity index (χ3v) is 2.43. The molecule has 0 rings (SSSR count). The predicted octanol–water partition coefficient (Wildman–Crippen LogP) is 3.07. The average Bonchev–Trinajstić information content (AvgIpc) is 1.99. The molecule has 11 heavy (non-hydrogen) atoms. The molecule has 0 saturated carbocycles. The average molecular weight is 179 g/mol. The van der Waals surface area contributed by atoms with Crippen LogP contribution >= 0.6 is 11.6 Å². The van der Waals surface area contributed by atoms with Crippen LogP contribution in [0.5, 0.6) is 0 Å². The van der Waals surface area contributed by atoms with Crippen LogP contribution in [0.25, 0.3) is 0 Å². The van der Waals surface area contributed by atoms with Crippen molar-refractivity contribution in [2.45, 2.75) is 33.6 Å². The minimum Gasteiger partial charge on any atom is -0.382 e. The fourth-order valence-corrected chi connectivity index (χ4v) is 0.998. The van der Waals surface area contributed by atoms with Crippen molar-refractivity contribution in [2.24, 2.45) is 5.41 Å². The topological polar surface area (TPSA) is 9.23 Å². The molecule has 0 bridgehead atoms. The standard InChI is InChI=1S/C9H19ClO/c1-4-11-7-5-6-9(2,3)8-10/h4-8H2,1-3H3. The van der Waals surface area contributed by atoms with Gasteiger partial charge in [-0.2, -0.15) is 0 Å². The molecule has 2 heteroatoms. The van der Waals surface area contributed by atoms with Crippen LogP contribution in [0.4, 0.5) is 0 Å². The normalized spacial score (nSPS) is 12.0. The Morgan fingerprint density at radius 3 is 2.45 bits per heavy atom. The zero-order valence-electron chi connectivity index (χ0n) is 7.82. The molecule has 0 aliphatic heterocycles. The van der Waals surface area contributed by atoms with Crippen LogP contribution in [0.15, 0.2) is 0 Å². The van der Waals surface area contributed by atoms with Crippen molar-refractivity contribution in [3.05, 3.63) is 0 Å². The fourth-order valence-electron chi connectivity index (χ4n) is 0.864. The highest BCUT2D eigenvalue weighted by Crippen LogP contribution is 2.23. The van der Waals surface area contributed by atoms with Gasteiger partial charge in [0.25, 0.3) is 0 Å². The number of alkyl halides is 1. The lowest BCUT2D eigenvalue weighted by molar-refractivity contribution is 0.135. The van der Waals surface area contributed by atoms with E-state index in [-0.39, 0.29) is 5.41 Å². The summed E-state index contributed by atoms with van der Waals surface area (Å²) in [5.74, 6) is 0.735. The maximum Gasteiger partial charge on any atom is 0.0466 e. The summed E-state index contributed by atoms with van der Waals surface area (Å²) < 4.78 is 5.23. The van der Waals surface area contributed by atoms with Gasteiger partial charge in [-0.3, -0.25) is 0 Å². The van der Waals surface area contributed by atoms with E-state index in [1.54, 1.807) is 0 Å². The summed E-state index contributed by atoms with van der Waals surface area (Å²) >= 11 is 5.77. The Kier molecular flexibility index (Phi) is 5.98. The van der Waals surface area contributed by atoms with Gasteiger partial charge in [0.2, 0.25) is 0 Å². The van der Waals surface area contributed by atoms with Crippen LogP contribution in [-0.4, -0.2) is 19.1 Å². The molecule has 0 aliphatic carbocycles. The van der Waals surface area contributed by atoms with Gasteiger partial charge in [0.15, 0.2) is 0 Å². The summed E-state index contributed by atoms with van der Waals surface area (Å²) in [7, 11) is 0. The van der Waals surface area contributed by atoms with Crippen molar-refractivity contribution in [1.82, 2.24) is 0 Å². The Labute approximate surface area is 75.1 Å². The first-order valence-corrected chi connectivity index (χ1v) is 4.79. The summed E-state index contributed by atoms with van der Waals surface area (Å²) in [6.45, 7) is 8.09. The van der Waals surface area contributed by atoms with Crippen LogP contribution in [0.1, 0.15) is 33.6 Å². The minimum atomic E-state index is 0.276. The molecule has 0 atom stereocenters. The van der Waals surface area contributed by atoms with Gasteiger partial charge < -0.3 is 4.74 Å². The Morgan fingerprint density at radius 2 is 2.00 bits per heavy atom. The molecule has 0 radical (unpaired) electrons. The van der Waals surface area contributed by atoms with Crippen molar-refractivity contribution in [2.75, 3.05) is 19.1 Å². The summed E-state index contributed by atoms with van der Waals surface area (Å²) in [5, 5.41) is 0. The first-order valence-electron chi connectivity index (χ1n) is 4.26. The largest absolute Gasteiger partial charge is 0.382 e. The second-order valence-electron chi connectivity index (χ2n) is 3.60. The molecule has 1 nitrogen and oxygen atoms in total. The Balaban J connectivity index is 3.23. The first kappa shape index (κ1) is 11.2. The number of halogens is 1. The van der Waals surface area contributed by atoms with E-state index in [4.69, 9.17) is 16.3 Å². The number of hydrogen-bond acceptors (Lipinski definition) is 1. The van der Waals surface area contributed by atoms with Crippen LogP contribution in [-0.2, 0) is 4.74 Å². The third-order valence-electron chi connectivity index (χ3n) is 1.71. The summed E-state index contributed by atoms with van der Waals surface area (Å²) in [6, 6.07) is 0. The predicted molar refractivity (Wildman–Crippen MR) is 50.2 cm³/mol. The highest BCUT2D eigenvalue weighted by Gasteiger charge is 2.14. The zero-order chi connectivity index (χ0) is 8.74. The van der Waals surface area contributed by atoms with Gasteiger partial charge in [-0.1, -0.05) is 13.8 Å². The van der Waals surface area contributed by atoms with Crippen molar-refractivity contribution in [3.8, 4) is 0 Å². The monoisotopic (exact) mass is 178 g/mol. The van der Waals surface area contributed by atoms with Crippen molar-refractivity contribution < 1.29 is 4.74 Å². The van der Waals surface area contributed by atoms with E-state index in [1.807, 2.05) is 6.92 Å². The molecule has 0 spiro atoms. The molecule has 0 heterocycles. The van der Waals surface area contributed by atoms with Gasteiger partial charge in [0.1, 0.15) is 0 Å². The molecule has 0 fully saturated rings. The maximum atomic E-state index is 5.77. The highest BCUT2D eigenvalue weighted by molar-refractivity contribution is 6.18. The maximum absolute atomic E-state index is 5.77. The molecule has 0 aliphatic rings. The summed E-state index contributed by atoms with van der Waals surface area (Å²) in [6.07, 6.45) is 2.27. The zero-order valence-corrected chi connectivity index (χ0v) is 8.58. The molecule has 68 valence electrons. The second-order valence-corrected chi connectivity index (χ2v) is 3.87. The quantitative estimate of drug-likeness (QED) is 0.449. The van der Waals surface area contributed by atoms with E-state index in [1.165, 1.54) is 0 Å². The molecule has 0 aromatic rings. The van der Waals surface area contributed by atoms with Crippen LogP contribution in [0, 0.1) is 5.41 Å². The molecular formula is C9H19ClO. The molecule has 0 N–H and O–H groups in total. The lowest BCUT2D eigenvalue weighted by Crippen LogP contribution is -2.14. The van der Waals surface area contributed by atoms with Crippen molar-refractivity contribution >= 4 is 11.6 Å². The van der Waals surface area contributed by atoms with Gasteiger partial charge in [-0.15, -0.1) is 11.6 Å². The van der Waals surface area contributed by atoms with Gasteiger partial charge >= 0.3 is 0 Å². The fraction of sp³-hybridized carbons (Fsp3) is 1.00. The van der Waals surface area contributed by atoms with Gasteiger partial charge in [0, 0.05) is 19.1 Å². The molecule has 0 amide bonds. The summed E-state index contributed by atoms with van der Waals surface area (Å²) in [4.78, 5) is 0. The van der Waals surface area contributed by atoms with E-state index in [9.17, 15) is 0 Å². The minimum absolute atomic E-state index is 0.276. The Morgan fingerprint density at radius 1 is 1.36 bits per heavy atom. The number of ether oxygens (including phenoxy) is 1. The highest BCUT2D eigenvalue weighted by atomic mass is 35.5. The van der Waals surface area contributed by atoms with Gasteiger partial charge in [0.05, 0.1) is 0 Å². The molecular weight excluding hydrogens is 160 g/mol. The van der Waals surface area contributed by atoms with E-state index in [0.717, 1.165) is 31.9 Å². The van der Waals surface area contributed by atoms with Crippen LogP contribution < -0.4 is 0 Å². The lowest BCUT2D eigenvalue weighted by atomic mass is 9.90. The third kappa shape index (κ3) is 6.64. The smallest absolute Gasteiger partial charge is 0.0466 e. The Hall–Kier alpha value is 0.250. The summed E-state index contributed by atoms with van der Waals surface area (Å²) in [5.41, 5.74) is 0.276. The van der Waals surface area contributed by atoms with Crippen molar-refractivity contribution in [3.63, 3.8) is 0 Å². The van der Waals surface area contributed by atoms with E-state index in [2.05, 4.69) is 13.8 Å². The molecule has 0 unspecified atom stereocenters. The number of rotatable bonds is 6. The first-order chi connectivity index (χ1) is 5.12. The molecule has 0 saturated heterocycles. The SMILES string of the molecule is CCOCCCC(C)(C)CCl. The van der Waals surface area contributed by atoms with E-state index in [0.29, 0.717) is 0 Å². The van der Waals surface area contributed by atoms with Gasteiger partial charge in [-0.05, 0) is 25.2 Å².